The Kier molecular flexibility index (Phi) is 50.5. The van der Waals surface area contributed by atoms with E-state index in [1.807, 2.05) is 21.1 Å². The summed E-state index contributed by atoms with van der Waals surface area (Å²) in [5.41, 5.74) is 0. The summed E-state index contributed by atoms with van der Waals surface area (Å²) in [6.07, 6.45) is 71.6. The molecule has 2 atom stereocenters. The summed E-state index contributed by atoms with van der Waals surface area (Å²) in [6, 6.07) is 0. The van der Waals surface area contributed by atoms with Gasteiger partial charge in [0.05, 0.1) is 27.7 Å². The number of unbranched alkanes of at least 4 members (excludes halogenated alkanes) is 22. The van der Waals surface area contributed by atoms with Crippen LogP contribution in [0.15, 0.2) is 97.2 Å². The van der Waals surface area contributed by atoms with E-state index in [9.17, 15) is 19.0 Å². The molecule has 0 aliphatic heterocycles. The number of esters is 2. The molecule has 9 nitrogen and oxygen atoms in total. The van der Waals surface area contributed by atoms with Crippen LogP contribution in [0.25, 0.3) is 0 Å². The van der Waals surface area contributed by atoms with E-state index in [1.165, 1.54) is 96.3 Å². The van der Waals surface area contributed by atoms with Crippen LogP contribution in [0.2, 0.25) is 0 Å². The van der Waals surface area contributed by atoms with Gasteiger partial charge in [-0.1, -0.05) is 227 Å². The molecule has 10 heteroatoms. The minimum absolute atomic E-state index is 0.0363. The molecule has 0 radical (unpaired) electrons. The van der Waals surface area contributed by atoms with E-state index in [1.54, 1.807) is 0 Å². The third kappa shape index (κ3) is 56.2. The van der Waals surface area contributed by atoms with Crippen molar-refractivity contribution in [3.05, 3.63) is 97.2 Å². The maximum atomic E-state index is 12.8. The number of allylic oxidation sites excluding steroid dienone is 16. The number of carbonyl (C=O) groups excluding carboxylic acids is 2. The first-order chi connectivity index (χ1) is 35.0. The molecular formula is C62H108NO8P. The molecule has 0 aromatic carbocycles. The molecule has 0 aromatic heterocycles. The number of likely N-dealkylation sites (N-methyl/N-ethyl adjacent to an activating group) is 1. The molecule has 0 saturated carbocycles. The number of ether oxygens (including phenoxy) is 2. The standard InChI is InChI=1S/C62H108NO8P/c1-6-8-10-12-14-16-18-20-22-24-26-28-29-30-31-32-33-35-37-39-41-43-45-47-49-51-53-55-62(65)71-60(59-70-72(66,67)69-57-56-63(3,4)5)58-68-61(64)54-52-50-48-46-44-42-40-38-36-34-27-25-23-21-19-17-15-13-11-9-7-2/h8-11,14-17,20-23,26-28,34,60H,6-7,12-13,18-19,24-25,29-33,35-59H2,1-5H3/b10-8-,11-9-,16-14-,17-15-,22-20-,23-21-,28-26-,34-27-. The van der Waals surface area contributed by atoms with Gasteiger partial charge in [-0.2, -0.15) is 0 Å². The first kappa shape index (κ1) is 68.9. The average Bonchev–Trinajstić information content (AvgIpc) is 3.34. The topological polar surface area (TPSA) is 111 Å². The van der Waals surface area contributed by atoms with Gasteiger partial charge in [0.15, 0.2) is 6.10 Å². The number of phosphoric acid groups is 1. The zero-order valence-corrected chi connectivity index (χ0v) is 47.7. The molecule has 0 aliphatic carbocycles. The van der Waals surface area contributed by atoms with E-state index in [4.69, 9.17) is 18.5 Å². The zero-order valence-electron chi connectivity index (χ0n) is 46.8. The molecular weight excluding hydrogens is 918 g/mol. The third-order valence-corrected chi connectivity index (χ3v) is 13.1. The summed E-state index contributed by atoms with van der Waals surface area (Å²) < 4.78 is 34.2. The summed E-state index contributed by atoms with van der Waals surface area (Å²) in [5, 5.41) is 0. The fraction of sp³-hybridized carbons (Fsp3) is 0.710. The largest absolute Gasteiger partial charge is 0.756 e. The van der Waals surface area contributed by atoms with E-state index < -0.39 is 32.5 Å². The Labute approximate surface area is 443 Å². The SMILES string of the molecule is CC/C=C\C/C=C\C/C=C\C/C=C\CCCCCCCCCCCCCCCCC(=O)OC(COC(=O)CCCCCCCCCC/C=C\C/C=C\C/C=C\C/C=C\CC)COP(=O)([O-])OCC[N+](C)(C)C. The van der Waals surface area contributed by atoms with Gasteiger partial charge in [-0.3, -0.25) is 14.2 Å². The smallest absolute Gasteiger partial charge is 0.306 e. The maximum absolute atomic E-state index is 12.8. The van der Waals surface area contributed by atoms with Crippen LogP contribution < -0.4 is 4.89 Å². The fourth-order valence-corrected chi connectivity index (χ4v) is 8.43. The van der Waals surface area contributed by atoms with Gasteiger partial charge in [0, 0.05) is 12.8 Å². The summed E-state index contributed by atoms with van der Waals surface area (Å²) >= 11 is 0. The molecule has 0 fully saturated rings. The van der Waals surface area contributed by atoms with Gasteiger partial charge in [-0.15, -0.1) is 0 Å². The Hall–Kier alpha value is -3.07. The van der Waals surface area contributed by atoms with Crippen molar-refractivity contribution in [1.82, 2.24) is 0 Å². The molecule has 0 amide bonds. The number of nitrogens with zero attached hydrogens (tertiary/aromatic N) is 1. The van der Waals surface area contributed by atoms with E-state index >= 15 is 0 Å². The second-order valence-corrected chi connectivity index (χ2v) is 21.7. The lowest BCUT2D eigenvalue weighted by Gasteiger charge is -2.28. The molecule has 414 valence electrons. The highest BCUT2D eigenvalue weighted by molar-refractivity contribution is 7.45. The lowest BCUT2D eigenvalue weighted by atomic mass is 10.0. The fourth-order valence-electron chi connectivity index (χ4n) is 7.70. The number of quaternary nitrogens is 1. The second-order valence-electron chi connectivity index (χ2n) is 20.2. The van der Waals surface area contributed by atoms with Gasteiger partial charge in [0.25, 0.3) is 7.82 Å². The molecule has 0 spiro atoms. The van der Waals surface area contributed by atoms with E-state index in [2.05, 4.69) is 111 Å². The van der Waals surface area contributed by atoms with Crippen LogP contribution in [-0.2, 0) is 32.7 Å². The highest BCUT2D eigenvalue weighted by Gasteiger charge is 2.21. The van der Waals surface area contributed by atoms with Crippen molar-refractivity contribution >= 4 is 19.8 Å². The van der Waals surface area contributed by atoms with Gasteiger partial charge in [0.2, 0.25) is 0 Å². The third-order valence-electron chi connectivity index (χ3n) is 12.1. The number of carbonyl (C=O) groups is 2. The molecule has 72 heavy (non-hydrogen) atoms. The molecule has 0 aromatic rings. The highest BCUT2D eigenvalue weighted by Crippen LogP contribution is 2.38. The number of hydrogen-bond acceptors (Lipinski definition) is 8. The highest BCUT2D eigenvalue weighted by atomic mass is 31.2. The van der Waals surface area contributed by atoms with Crippen LogP contribution in [-0.4, -0.2) is 70.0 Å². The van der Waals surface area contributed by atoms with Crippen molar-refractivity contribution in [2.24, 2.45) is 0 Å². The molecule has 0 bridgehead atoms. The Bertz CT molecular complexity index is 1540. The van der Waals surface area contributed by atoms with Gasteiger partial charge in [-0.25, -0.2) is 0 Å². The molecule has 0 aliphatic rings. The van der Waals surface area contributed by atoms with Crippen LogP contribution in [0.3, 0.4) is 0 Å². The van der Waals surface area contributed by atoms with Crippen LogP contribution in [0.4, 0.5) is 0 Å². The summed E-state index contributed by atoms with van der Waals surface area (Å²) in [5.74, 6) is -0.844. The van der Waals surface area contributed by atoms with Gasteiger partial charge >= 0.3 is 11.9 Å². The van der Waals surface area contributed by atoms with Gasteiger partial charge in [0.1, 0.15) is 19.8 Å². The van der Waals surface area contributed by atoms with Crippen molar-refractivity contribution in [1.29, 1.82) is 0 Å². The minimum Gasteiger partial charge on any atom is -0.756 e. The summed E-state index contributed by atoms with van der Waals surface area (Å²) in [7, 11) is 1.15. The van der Waals surface area contributed by atoms with Crippen LogP contribution in [0.5, 0.6) is 0 Å². The van der Waals surface area contributed by atoms with Gasteiger partial charge < -0.3 is 27.9 Å². The second kappa shape index (κ2) is 52.8. The van der Waals surface area contributed by atoms with Crippen molar-refractivity contribution < 1.29 is 42.1 Å². The van der Waals surface area contributed by atoms with Gasteiger partial charge in [-0.05, 0) is 89.9 Å². The molecule has 0 N–H and O–H groups in total. The van der Waals surface area contributed by atoms with Crippen LogP contribution in [0, 0.1) is 0 Å². The maximum Gasteiger partial charge on any atom is 0.306 e. The van der Waals surface area contributed by atoms with E-state index in [0.717, 1.165) is 103 Å². The molecule has 0 rings (SSSR count). The average molecular weight is 1030 g/mol. The van der Waals surface area contributed by atoms with Crippen LogP contribution >= 0.6 is 7.82 Å². The Morgan fingerprint density at radius 2 is 0.750 bits per heavy atom. The summed E-state index contributed by atoms with van der Waals surface area (Å²) in [4.78, 5) is 37.9. The Morgan fingerprint density at radius 1 is 0.431 bits per heavy atom. The molecule has 2 unspecified atom stereocenters. The molecule has 0 saturated heterocycles. The Balaban J connectivity index is 4.18. The predicted molar refractivity (Wildman–Crippen MR) is 305 cm³/mol. The normalized spacial score (nSPS) is 14.0. The van der Waals surface area contributed by atoms with Crippen LogP contribution in [0.1, 0.15) is 232 Å². The number of rotatable bonds is 52. The van der Waals surface area contributed by atoms with Crippen molar-refractivity contribution in [3.63, 3.8) is 0 Å². The van der Waals surface area contributed by atoms with Crippen molar-refractivity contribution in [2.75, 3.05) is 47.5 Å². The quantitative estimate of drug-likeness (QED) is 0.0195. The van der Waals surface area contributed by atoms with E-state index in [-0.39, 0.29) is 26.1 Å². The molecule has 0 heterocycles. The monoisotopic (exact) mass is 1030 g/mol. The first-order valence-corrected chi connectivity index (χ1v) is 30.4. The minimum atomic E-state index is -4.64. The zero-order chi connectivity index (χ0) is 52.7. The van der Waals surface area contributed by atoms with E-state index in [0.29, 0.717) is 17.4 Å². The lowest BCUT2D eigenvalue weighted by molar-refractivity contribution is -0.870. The predicted octanol–water partition coefficient (Wildman–Crippen LogP) is 17.4. The van der Waals surface area contributed by atoms with Crippen molar-refractivity contribution in [2.45, 2.75) is 238 Å². The first-order valence-electron chi connectivity index (χ1n) is 28.9. The number of hydrogen-bond donors (Lipinski definition) is 0. The summed E-state index contributed by atoms with van der Waals surface area (Å²) in [6.45, 7) is 4.01. The Morgan fingerprint density at radius 3 is 1.11 bits per heavy atom. The van der Waals surface area contributed by atoms with Crippen molar-refractivity contribution in [3.8, 4) is 0 Å². The lowest BCUT2D eigenvalue weighted by Crippen LogP contribution is -2.37. The number of phosphoric ester groups is 1.